The number of nitrogens with one attached hydrogen (secondary N) is 1. The van der Waals surface area contributed by atoms with Gasteiger partial charge in [0.05, 0.1) is 4.92 Å². The maximum atomic E-state index is 12.1. The predicted octanol–water partition coefficient (Wildman–Crippen LogP) is 4.16. The Bertz CT molecular complexity index is 803. The number of aryl methyl sites for hydroxylation is 1. The highest BCUT2D eigenvalue weighted by Crippen LogP contribution is 2.23. The Balaban J connectivity index is 1.92. The lowest BCUT2D eigenvalue weighted by atomic mass is 10.2. The standard InChI is InChI=1S/C20H25N3O4/c1-5-22(14(2)3)17-8-6-16(7-9-17)21-20(24)13-27-18-10-11-19(23(25)26)15(4)12-18/h6-12,14H,5,13H2,1-4H3,(H,21,24). The minimum Gasteiger partial charge on any atom is -0.484 e. The predicted molar refractivity (Wildman–Crippen MR) is 107 cm³/mol. The van der Waals surface area contributed by atoms with Crippen LogP contribution in [0, 0.1) is 17.0 Å². The molecule has 0 aliphatic rings. The van der Waals surface area contributed by atoms with Gasteiger partial charge < -0.3 is 15.0 Å². The van der Waals surface area contributed by atoms with Crippen LogP contribution in [0.15, 0.2) is 42.5 Å². The molecule has 0 saturated heterocycles. The van der Waals surface area contributed by atoms with Gasteiger partial charge in [-0.2, -0.15) is 0 Å². The molecule has 0 aromatic heterocycles. The van der Waals surface area contributed by atoms with Crippen molar-refractivity contribution in [2.75, 3.05) is 23.4 Å². The number of nitro benzene ring substituents is 1. The van der Waals surface area contributed by atoms with Gasteiger partial charge in [-0.05, 0) is 64.1 Å². The van der Waals surface area contributed by atoms with Gasteiger partial charge in [-0.3, -0.25) is 14.9 Å². The molecule has 27 heavy (non-hydrogen) atoms. The lowest BCUT2D eigenvalue weighted by molar-refractivity contribution is -0.385. The van der Waals surface area contributed by atoms with Crippen LogP contribution in [0.5, 0.6) is 5.75 Å². The zero-order chi connectivity index (χ0) is 20.0. The monoisotopic (exact) mass is 371 g/mol. The summed E-state index contributed by atoms with van der Waals surface area (Å²) < 4.78 is 5.42. The van der Waals surface area contributed by atoms with Crippen LogP contribution in [0.25, 0.3) is 0 Å². The molecule has 0 unspecified atom stereocenters. The van der Waals surface area contributed by atoms with Gasteiger partial charge in [0.2, 0.25) is 0 Å². The molecule has 2 rings (SSSR count). The first-order valence-corrected chi connectivity index (χ1v) is 8.86. The summed E-state index contributed by atoms with van der Waals surface area (Å²) in [6, 6.07) is 12.5. The van der Waals surface area contributed by atoms with Crippen molar-refractivity contribution in [3.05, 3.63) is 58.1 Å². The Hall–Kier alpha value is -3.09. The Labute approximate surface area is 159 Å². The molecule has 0 spiro atoms. The third kappa shape index (κ3) is 5.44. The van der Waals surface area contributed by atoms with Crippen molar-refractivity contribution >= 4 is 23.0 Å². The van der Waals surface area contributed by atoms with Crippen LogP contribution in [-0.2, 0) is 4.79 Å². The summed E-state index contributed by atoms with van der Waals surface area (Å²) in [5, 5.41) is 13.6. The lowest BCUT2D eigenvalue weighted by Crippen LogP contribution is -2.30. The molecule has 1 N–H and O–H groups in total. The minimum atomic E-state index is -0.450. The molecule has 0 fully saturated rings. The fraction of sp³-hybridized carbons (Fsp3) is 0.350. The Kier molecular flexibility index (Phi) is 6.76. The molecule has 0 radical (unpaired) electrons. The molecule has 0 bridgehead atoms. The number of anilines is 2. The highest BCUT2D eigenvalue weighted by atomic mass is 16.6. The fourth-order valence-corrected chi connectivity index (χ4v) is 2.85. The highest BCUT2D eigenvalue weighted by molar-refractivity contribution is 5.92. The number of rotatable bonds is 8. The van der Waals surface area contributed by atoms with E-state index in [-0.39, 0.29) is 18.2 Å². The van der Waals surface area contributed by atoms with Gasteiger partial charge in [-0.15, -0.1) is 0 Å². The van der Waals surface area contributed by atoms with E-state index < -0.39 is 4.92 Å². The SMILES string of the molecule is CCN(c1ccc(NC(=O)COc2ccc([N+](=O)[O-])c(C)c2)cc1)C(C)C. The summed E-state index contributed by atoms with van der Waals surface area (Å²) in [5.74, 6) is 0.120. The molecule has 0 heterocycles. The normalized spacial score (nSPS) is 10.6. The van der Waals surface area contributed by atoms with Gasteiger partial charge in [0.15, 0.2) is 6.61 Å². The number of amides is 1. The topological polar surface area (TPSA) is 84.7 Å². The first-order valence-electron chi connectivity index (χ1n) is 8.86. The van der Waals surface area contributed by atoms with Crippen molar-refractivity contribution in [1.29, 1.82) is 0 Å². The van der Waals surface area contributed by atoms with Gasteiger partial charge in [0.25, 0.3) is 11.6 Å². The molecular formula is C20H25N3O4. The molecule has 2 aromatic carbocycles. The first kappa shape index (κ1) is 20.2. The lowest BCUT2D eigenvalue weighted by Gasteiger charge is -2.27. The maximum Gasteiger partial charge on any atom is 0.272 e. The molecular weight excluding hydrogens is 346 g/mol. The zero-order valence-electron chi connectivity index (χ0n) is 16.1. The van der Waals surface area contributed by atoms with Crippen molar-refractivity contribution in [2.24, 2.45) is 0 Å². The number of benzene rings is 2. The third-order valence-corrected chi connectivity index (χ3v) is 4.18. The van der Waals surface area contributed by atoms with Crippen LogP contribution in [0.3, 0.4) is 0 Å². The summed E-state index contributed by atoms with van der Waals surface area (Å²) in [6.07, 6.45) is 0. The number of ether oxygens (including phenoxy) is 1. The van der Waals surface area contributed by atoms with Crippen LogP contribution in [0.1, 0.15) is 26.3 Å². The van der Waals surface area contributed by atoms with Gasteiger partial charge in [0, 0.05) is 35.6 Å². The second-order valence-corrected chi connectivity index (χ2v) is 6.47. The van der Waals surface area contributed by atoms with Crippen LogP contribution in [-0.4, -0.2) is 30.0 Å². The van der Waals surface area contributed by atoms with Crippen molar-refractivity contribution < 1.29 is 14.5 Å². The molecule has 0 aliphatic carbocycles. The molecule has 1 amide bonds. The van der Waals surface area contributed by atoms with E-state index in [1.54, 1.807) is 13.0 Å². The van der Waals surface area contributed by atoms with Crippen molar-refractivity contribution in [3.8, 4) is 5.75 Å². The molecule has 7 nitrogen and oxygen atoms in total. The van der Waals surface area contributed by atoms with E-state index >= 15 is 0 Å². The summed E-state index contributed by atoms with van der Waals surface area (Å²) in [6.45, 7) is 8.74. The number of nitrogens with zero attached hydrogens (tertiary/aromatic N) is 2. The van der Waals surface area contributed by atoms with E-state index in [1.165, 1.54) is 12.1 Å². The van der Waals surface area contributed by atoms with E-state index in [9.17, 15) is 14.9 Å². The molecule has 7 heteroatoms. The summed E-state index contributed by atoms with van der Waals surface area (Å²) in [5.41, 5.74) is 2.30. The van der Waals surface area contributed by atoms with Gasteiger partial charge in [0.1, 0.15) is 5.75 Å². The van der Waals surface area contributed by atoms with Crippen molar-refractivity contribution in [3.63, 3.8) is 0 Å². The quantitative estimate of drug-likeness (QED) is 0.556. The maximum absolute atomic E-state index is 12.1. The van der Waals surface area contributed by atoms with Gasteiger partial charge >= 0.3 is 0 Å². The second-order valence-electron chi connectivity index (χ2n) is 6.47. The zero-order valence-corrected chi connectivity index (χ0v) is 16.1. The number of nitro groups is 1. The van der Waals surface area contributed by atoms with Gasteiger partial charge in [-0.1, -0.05) is 0 Å². The largest absolute Gasteiger partial charge is 0.484 e. The molecule has 0 aliphatic heterocycles. The smallest absolute Gasteiger partial charge is 0.272 e. The second kappa shape index (κ2) is 9.02. The van der Waals surface area contributed by atoms with Crippen molar-refractivity contribution in [2.45, 2.75) is 33.7 Å². The Morgan fingerprint density at radius 2 is 1.89 bits per heavy atom. The highest BCUT2D eigenvalue weighted by Gasteiger charge is 2.12. The number of hydrogen-bond donors (Lipinski definition) is 1. The molecule has 0 atom stereocenters. The van der Waals surface area contributed by atoms with E-state index in [0.29, 0.717) is 23.0 Å². The van der Waals surface area contributed by atoms with Crippen molar-refractivity contribution in [1.82, 2.24) is 0 Å². The van der Waals surface area contributed by atoms with E-state index in [0.717, 1.165) is 12.2 Å². The summed E-state index contributed by atoms with van der Waals surface area (Å²) >= 11 is 0. The van der Waals surface area contributed by atoms with Crippen LogP contribution >= 0.6 is 0 Å². The number of hydrogen-bond acceptors (Lipinski definition) is 5. The fourth-order valence-electron chi connectivity index (χ4n) is 2.85. The average Bonchev–Trinajstić information content (AvgIpc) is 2.61. The van der Waals surface area contributed by atoms with E-state index in [2.05, 4.69) is 31.0 Å². The summed E-state index contributed by atoms with van der Waals surface area (Å²) in [7, 11) is 0. The van der Waals surface area contributed by atoms with E-state index in [1.807, 2.05) is 24.3 Å². The summed E-state index contributed by atoms with van der Waals surface area (Å²) in [4.78, 5) is 24.7. The average molecular weight is 371 g/mol. The Morgan fingerprint density at radius 1 is 1.22 bits per heavy atom. The molecule has 2 aromatic rings. The number of carbonyl (C=O) groups is 1. The molecule has 0 saturated carbocycles. The third-order valence-electron chi connectivity index (χ3n) is 4.18. The van der Waals surface area contributed by atoms with Gasteiger partial charge in [-0.25, -0.2) is 0 Å². The van der Waals surface area contributed by atoms with E-state index in [4.69, 9.17) is 4.74 Å². The number of carbonyl (C=O) groups excluding carboxylic acids is 1. The van der Waals surface area contributed by atoms with Crippen LogP contribution in [0.2, 0.25) is 0 Å². The molecule has 144 valence electrons. The first-order chi connectivity index (χ1) is 12.8. The minimum absolute atomic E-state index is 0.0226. The van der Waals surface area contributed by atoms with Crippen LogP contribution < -0.4 is 15.0 Å². The van der Waals surface area contributed by atoms with Crippen LogP contribution in [0.4, 0.5) is 17.1 Å². The Morgan fingerprint density at radius 3 is 2.41 bits per heavy atom.